The van der Waals surface area contributed by atoms with Crippen molar-refractivity contribution in [3.8, 4) is 0 Å². The standard InChI is InChI=1S/C24H32N2O2S/c1-15-9-10-17(3)21(14-15)25-24(28)20(6)29-11-7-8-22(27)26-23-18(4)12-16(2)13-19(23)5/h9-10,12-14,20H,7-8,11H2,1-6H3,(H,25,28)(H,26,27). The van der Waals surface area contributed by atoms with Gasteiger partial charge in [0.2, 0.25) is 11.8 Å². The summed E-state index contributed by atoms with van der Waals surface area (Å²) >= 11 is 1.58. The highest BCUT2D eigenvalue weighted by molar-refractivity contribution is 8.00. The molecular formula is C24H32N2O2S. The zero-order valence-electron chi connectivity index (χ0n) is 18.3. The summed E-state index contributed by atoms with van der Waals surface area (Å²) in [7, 11) is 0. The quantitative estimate of drug-likeness (QED) is 0.546. The van der Waals surface area contributed by atoms with E-state index >= 15 is 0 Å². The van der Waals surface area contributed by atoms with Crippen molar-refractivity contribution < 1.29 is 9.59 Å². The summed E-state index contributed by atoms with van der Waals surface area (Å²) in [6, 6.07) is 10.2. The molecule has 1 unspecified atom stereocenters. The molecule has 0 saturated carbocycles. The molecule has 2 N–H and O–H groups in total. The van der Waals surface area contributed by atoms with Gasteiger partial charge in [-0.05, 0) is 82.0 Å². The third-order valence-electron chi connectivity index (χ3n) is 4.88. The first-order chi connectivity index (χ1) is 13.7. The van der Waals surface area contributed by atoms with Gasteiger partial charge in [0.05, 0.1) is 5.25 Å². The van der Waals surface area contributed by atoms with Crippen LogP contribution in [-0.4, -0.2) is 22.8 Å². The van der Waals surface area contributed by atoms with Crippen molar-refractivity contribution in [3.05, 3.63) is 58.1 Å². The van der Waals surface area contributed by atoms with Gasteiger partial charge in [0, 0.05) is 17.8 Å². The Balaban J connectivity index is 1.76. The molecule has 0 saturated heterocycles. The first-order valence-corrected chi connectivity index (χ1v) is 11.1. The molecule has 0 spiro atoms. The number of carbonyl (C=O) groups is 2. The second-order valence-electron chi connectivity index (χ2n) is 7.75. The van der Waals surface area contributed by atoms with Crippen LogP contribution >= 0.6 is 11.8 Å². The zero-order chi connectivity index (χ0) is 21.6. The molecule has 1 atom stereocenters. The number of benzene rings is 2. The molecule has 0 radical (unpaired) electrons. The van der Waals surface area contributed by atoms with Crippen molar-refractivity contribution >= 4 is 35.0 Å². The Bertz CT molecular complexity index is 869. The van der Waals surface area contributed by atoms with Gasteiger partial charge in [0.15, 0.2) is 0 Å². The van der Waals surface area contributed by atoms with Crippen molar-refractivity contribution in [2.45, 2.75) is 59.6 Å². The summed E-state index contributed by atoms with van der Waals surface area (Å²) in [5, 5.41) is 5.88. The fourth-order valence-corrected chi connectivity index (χ4v) is 4.13. The molecule has 156 valence electrons. The Labute approximate surface area is 178 Å². The molecule has 0 aromatic heterocycles. The predicted octanol–water partition coefficient (Wildman–Crippen LogP) is 5.71. The third-order valence-corrected chi connectivity index (χ3v) is 6.12. The van der Waals surface area contributed by atoms with Crippen molar-refractivity contribution in [1.82, 2.24) is 0 Å². The number of thioether (sulfide) groups is 1. The summed E-state index contributed by atoms with van der Waals surface area (Å²) in [5.74, 6) is 0.785. The number of rotatable bonds is 8. The minimum atomic E-state index is -0.167. The smallest absolute Gasteiger partial charge is 0.237 e. The first kappa shape index (κ1) is 23.0. The minimum Gasteiger partial charge on any atom is -0.326 e. The first-order valence-electron chi connectivity index (χ1n) is 10.0. The van der Waals surface area contributed by atoms with Crippen LogP contribution < -0.4 is 10.6 Å². The molecule has 2 amide bonds. The lowest BCUT2D eigenvalue weighted by molar-refractivity contribution is -0.116. The Hall–Kier alpha value is -2.27. The number of hydrogen-bond acceptors (Lipinski definition) is 3. The number of amides is 2. The van der Waals surface area contributed by atoms with Gasteiger partial charge >= 0.3 is 0 Å². The van der Waals surface area contributed by atoms with Crippen LogP contribution in [0.4, 0.5) is 11.4 Å². The molecular weight excluding hydrogens is 380 g/mol. The van der Waals surface area contributed by atoms with Gasteiger partial charge in [0.1, 0.15) is 0 Å². The molecule has 0 heterocycles. The van der Waals surface area contributed by atoms with Gasteiger partial charge in [-0.2, -0.15) is 0 Å². The molecule has 5 heteroatoms. The molecule has 29 heavy (non-hydrogen) atoms. The SMILES string of the molecule is Cc1cc(C)c(NC(=O)CCCSC(C)C(=O)Nc2cc(C)ccc2C)c(C)c1. The second-order valence-corrected chi connectivity index (χ2v) is 9.19. The Morgan fingerprint density at radius 2 is 1.55 bits per heavy atom. The lowest BCUT2D eigenvalue weighted by atomic mass is 10.0. The van der Waals surface area contributed by atoms with E-state index in [-0.39, 0.29) is 17.1 Å². The van der Waals surface area contributed by atoms with Gasteiger partial charge in [-0.3, -0.25) is 9.59 Å². The molecule has 0 bridgehead atoms. The highest BCUT2D eigenvalue weighted by atomic mass is 32.2. The van der Waals surface area contributed by atoms with E-state index in [0.29, 0.717) is 6.42 Å². The van der Waals surface area contributed by atoms with Crippen LogP contribution in [0.2, 0.25) is 0 Å². The van der Waals surface area contributed by atoms with E-state index in [1.54, 1.807) is 11.8 Å². The maximum absolute atomic E-state index is 12.4. The lowest BCUT2D eigenvalue weighted by Gasteiger charge is -2.15. The number of hydrogen-bond donors (Lipinski definition) is 2. The average molecular weight is 413 g/mol. The average Bonchev–Trinajstić information content (AvgIpc) is 2.64. The molecule has 0 aliphatic carbocycles. The molecule has 2 rings (SSSR count). The summed E-state index contributed by atoms with van der Waals surface area (Å²) in [4.78, 5) is 24.7. The molecule has 0 aliphatic heterocycles. The van der Waals surface area contributed by atoms with Crippen LogP contribution in [0, 0.1) is 34.6 Å². The van der Waals surface area contributed by atoms with E-state index in [4.69, 9.17) is 0 Å². The monoisotopic (exact) mass is 412 g/mol. The maximum atomic E-state index is 12.4. The Morgan fingerprint density at radius 1 is 0.897 bits per heavy atom. The van der Waals surface area contributed by atoms with Gasteiger partial charge in [-0.25, -0.2) is 0 Å². The third kappa shape index (κ3) is 6.93. The minimum absolute atomic E-state index is 0.000874. The van der Waals surface area contributed by atoms with Crippen LogP contribution in [0.25, 0.3) is 0 Å². The van der Waals surface area contributed by atoms with E-state index < -0.39 is 0 Å². The van der Waals surface area contributed by atoms with Crippen LogP contribution in [-0.2, 0) is 9.59 Å². The Morgan fingerprint density at radius 3 is 2.21 bits per heavy atom. The second kappa shape index (κ2) is 10.5. The largest absolute Gasteiger partial charge is 0.326 e. The van der Waals surface area contributed by atoms with Crippen molar-refractivity contribution in [2.24, 2.45) is 0 Å². The van der Waals surface area contributed by atoms with E-state index in [2.05, 4.69) is 29.7 Å². The van der Waals surface area contributed by atoms with Crippen LogP contribution in [0.15, 0.2) is 30.3 Å². The molecule has 2 aromatic rings. The van der Waals surface area contributed by atoms with Crippen LogP contribution in [0.3, 0.4) is 0 Å². The van der Waals surface area contributed by atoms with E-state index in [1.807, 2.05) is 52.8 Å². The molecule has 4 nitrogen and oxygen atoms in total. The molecule has 2 aromatic carbocycles. The number of aryl methyl sites for hydroxylation is 5. The Kier molecular flexibility index (Phi) is 8.32. The van der Waals surface area contributed by atoms with Crippen molar-refractivity contribution in [2.75, 3.05) is 16.4 Å². The van der Waals surface area contributed by atoms with Crippen molar-refractivity contribution in [1.29, 1.82) is 0 Å². The van der Waals surface area contributed by atoms with Gasteiger partial charge in [0.25, 0.3) is 0 Å². The lowest BCUT2D eigenvalue weighted by Crippen LogP contribution is -2.23. The number of nitrogens with one attached hydrogen (secondary N) is 2. The van der Waals surface area contributed by atoms with Gasteiger partial charge < -0.3 is 10.6 Å². The summed E-state index contributed by atoms with van der Waals surface area (Å²) < 4.78 is 0. The fourth-order valence-electron chi connectivity index (χ4n) is 3.25. The zero-order valence-corrected chi connectivity index (χ0v) is 19.1. The van der Waals surface area contributed by atoms with E-state index in [9.17, 15) is 9.59 Å². The fraction of sp³-hybridized carbons (Fsp3) is 0.417. The molecule has 0 fully saturated rings. The predicted molar refractivity (Wildman–Crippen MR) is 125 cm³/mol. The van der Waals surface area contributed by atoms with Crippen LogP contribution in [0.1, 0.15) is 47.6 Å². The van der Waals surface area contributed by atoms with Crippen molar-refractivity contribution in [3.63, 3.8) is 0 Å². The van der Waals surface area contributed by atoms with Gasteiger partial charge in [-0.1, -0.05) is 29.8 Å². The molecule has 0 aliphatic rings. The van der Waals surface area contributed by atoms with E-state index in [0.717, 1.165) is 45.8 Å². The maximum Gasteiger partial charge on any atom is 0.237 e. The summed E-state index contributed by atoms with van der Waals surface area (Å²) in [6.07, 6.45) is 1.19. The highest BCUT2D eigenvalue weighted by Gasteiger charge is 2.15. The normalized spacial score (nSPS) is 11.8. The van der Waals surface area contributed by atoms with Gasteiger partial charge in [-0.15, -0.1) is 11.8 Å². The number of carbonyl (C=O) groups excluding carboxylic acids is 2. The summed E-state index contributed by atoms with van der Waals surface area (Å²) in [6.45, 7) is 12.0. The van der Waals surface area contributed by atoms with Crippen LogP contribution in [0.5, 0.6) is 0 Å². The number of anilines is 2. The summed E-state index contributed by atoms with van der Waals surface area (Å²) in [5.41, 5.74) is 7.32. The van der Waals surface area contributed by atoms with E-state index in [1.165, 1.54) is 5.56 Å². The highest BCUT2D eigenvalue weighted by Crippen LogP contribution is 2.23. The topological polar surface area (TPSA) is 58.2 Å².